The monoisotopic (exact) mass is 354 g/mol. The predicted octanol–water partition coefficient (Wildman–Crippen LogP) is 0.628. The van der Waals surface area contributed by atoms with Crippen LogP contribution in [0.15, 0.2) is 35.5 Å². The number of benzene rings is 1. The Morgan fingerprint density at radius 2 is 2.19 bits per heavy atom. The summed E-state index contributed by atoms with van der Waals surface area (Å²) in [4.78, 5) is 41.3. The van der Waals surface area contributed by atoms with Crippen molar-refractivity contribution in [1.29, 1.82) is 0 Å². The summed E-state index contributed by atoms with van der Waals surface area (Å²) in [7, 11) is 1.68. The van der Waals surface area contributed by atoms with Gasteiger partial charge in [0.05, 0.1) is 16.8 Å². The van der Waals surface area contributed by atoms with E-state index in [1.54, 1.807) is 13.1 Å². The zero-order chi connectivity index (χ0) is 18.4. The Morgan fingerprint density at radius 3 is 2.96 bits per heavy atom. The lowest BCUT2D eigenvalue weighted by atomic mass is 10.1. The second-order valence-electron chi connectivity index (χ2n) is 6.05. The fraction of sp³-hybridized carbons (Fsp3) is 0.250. The molecule has 0 unspecified atom stereocenters. The third kappa shape index (κ3) is 2.42. The summed E-state index contributed by atoms with van der Waals surface area (Å²) < 4.78 is 2.71. The largest absolute Gasteiger partial charge is 0.310 e. The molecule has 0 atom stereocenters. The van der Waals surface area contributed by atoms with Gasteiger partial charge in [-0.25, -0.2) is 4.98 Å². The van der Waals surface area contributed by atoms with Crippen LogP contribution in [0, 0.1) is 10.1 Å². The number of nitro benzene ring substituents is 1. The van der Waals surface area contributed by atoms with Gasteiger partial charge >= 0.3 is 0 Å². The number of carbonyl (C=O) groups excluding carboxylic acids is 1. The van der Waals surface area contributed by atoms with Crippen molar-refractivity contribution in [3.05, 3.63) is 56.8 Å². The Morgan fingerprint density at radius 1 is 1.38 bits per heavy atom. The summed E-state index contributed by atoms with van der Waals surface area (Å²) in [5.74, 6) is -0.323. The van der Waals surface area contributed by atoms with Gasteiger partial charge in [-0.15, -0.1) is 0 Å². The van der Waals surface area contributed by atoms with E-state index in [1.807, 2.05) is 0 Å². The van der Waals surface area contributed by atoms with Crippen molar-refractivity contribution in [2.45, 2.75) is 13.0 Å². The van der Waals surface area contributed by atoms with Crippen LogP contribution in [0.5, 0.6) is 0 Å². The summed E-state index contributed by atoms with van der Waals surface area (Å²) >= 11 is 0. The SMILES string of the molecule is Cn1ncc2c(=O)n(CC(=O)N3CCc4ccc([N+](=O)[O-])cc43)cnc21. The molecule has 10 heteroatoms. The third-order valence-electron chi connectivity index (χ3n) is 4.50. The van der Waals surface area contributed by atoms with Crippen LogP contribution in [0.3, 0.4) is 0 Å². The second-order valence-corrected chi connectivity index (χ2v) is 6.05. The quantitative estimate of drug-likeness (QED) is 0.503. The van der Waals surface area contributed by atoms with Crippen LogP contribution >= 0.6 is 0 Å². The Balaban J connectivity index is 1.65. The van der Waals surface area contributed by atoms with Crippen LogP contribution in [0.4, 0.5) is 11.4 Å². The zero-order valence-corrected chi connectivity index (χ0v) is 13.8. The van der Waals surface area contributed by atoms with Crippen molar-refractivity contribution < 1.29 is 9.72 Å². The maximum absolute atomic E-state index is 12.7. The predicted molar refractivity (Wildman–Crippen MR) is 91.9 cm³/mol. The van der Waals surface area contributed by atoms with E-state index >= 15 is 0 Å². The van der Waals surface area contributed by atoms with E-state index in [-0.39, 0.29) is 23.7 Å². The van der Waals surface area contributed by atoms with E-state index in [4.69, 9.17) is 0 Å². The average Bonchev–Trinajstić information content (AvgIpc) is 3.21. The molecule has 26 heavy (non-hydrogen) atoms. The minimum atomic E-state index is -0.494. The molecule has 0 saturated heterocycles. The fourth-order valence-corrected chi connectivity index (χ4v) is 3.15. The van der Waals surface area contributed by atoms with E-state index in [0.717, 1.165) is 5.56 Å². The molecule has 0 radical (unpaired) electrons. The lowest BCUT2D eigenvalue weighted by Crippen LogP contribution is -2.35. The first-order valence-electron chi connectivity index (χ1n) is 7.90. The summed E-state index contributed by atoms with van der Waals surface area (Å²) in [6, 6.07) is 4.49. The molecular weight excluding hydrogens is 340 g/mol. The molecule has 0 fully saturated rings. The lowest BCUT2D eigenvalue weighted by Gasteiger charge is -2.17. The van der Waals surface area contributed by atoms with Crippen LogP contribution in [0.2, 0.25) is 0 Å². The highest BCUT2D eigenvalue weighted by Crippen LogP contribution is 2.31. The molecule has 3 heterocycles. The number of fused-ring (bicyclic) bond motifs is 2. The summed E-state index contributed by atoms with van der Waals surface area (Å²) in [6.45, 7) is 0.228. The van der Waals surface area contributed by atoms with Crippen molar-refractivity contribution in [2.75, 3.05) is 11.4 Å². The number of hydrogen-bond acceptors (Lipinski definition) is 6. The minimum absolute atomic E-state index is 0.0703. The second kappa shape index (κ2) is 5.76. The van der Waals surface area contributed by atoms with Gasteiger partial charge < -0.3 is 4.90 Å². The smallest absolute Gasteiger partial charge is 0.271 e. The van der Waals surface area contributed by atoms with E-state index < -0.39 is 4.92 Å². The maximum Gasteiger partial charge on any atom is 0.271 e. The zero-order valence-electron chi connectivity index (χ0n) is 13.8. The highest BCUT2D eigenvalue weighted by molar-refractivity contribution is 5.95. The number of aryl methyl sites for hydroxylation is 1. The van der Waals surface area contributed by atoms with Gasteiger partial charge in [-0.3, -0.25) is 29.0 Å². The van der Waals surface area contributed by atoms with Gasteiger partial charge in [0.1, 0.15) is 18.3 Å². The van der Waals surface area contributed by atoms with Crippen LogP contribution < -0.4 is 10.5 Å². The standard InChI is InChI=1S/C16H14N6O4/c1-19-15-12(7-18-19)16(24)20(9-17-15)8-14(23)21-5-4-10-2-3-11(22(25)26)6-13(10)21/h2-3,6-7,9H,4-5,8H2,1H3. The molecule has 1 aliphatic rings. The molecule has 0 saturated carbocycles. The first-order valence-corrected chi connectivity index (χ1v) is 7.90. The molecule has 0 aliphatic carbocycles. The number of amides is 1. The number of rotatable bonds is 3. The molecule has 2 aromatic heterocycles. The van der Waals surface area contributed by atoms with Crippen molar-refractivity contribution >= 4 is 28.3 Å². The van der Waals surface area contributed by atoms with Gasteiger partial charge in [0.2, 0.25) is 5.91 Å². The van der Waals surface area contributed by atoms with Crippen molar-refractivity contribution in [3.63, 3.8) is 0 Å². The van der Waals surface area contributed by atoms with Crippen molar-refractivity contribution in [3.8, 4) is 0 Å². The van der Waals surface area contributed by atoms with E-state index in [0.29, 0.717) is 29.7 Å². The lowest BCUT2D eigenvalue weighted by molar-refractivity contribution is -0.384. The van der Waals surface area contributed by atoms with Crippen molar-refractivity contribution in [1.82, 2.24) is 19.3 Å². The highest BCUT2D eigenvalue weighted by atomic mass is 16.6. The van der Waals surface area contributed by atoms with Crippen LogP contribution in [0.1, 0.15) is 5.56 Å². The molecule has 1 aromatic carbocycles. The topological polar surface area (TPSA) is 116 Å². The number of non-ortho nitro benzene ring substituents is 1. The number of carbonyl (C=O) groups is 1. The fourth-order valence-electron chi connectivity index (χ4n) is 3.15. The average molecular weight is 354 g/mol. The van der Waals surface area contributed by atoms with E-state index in [2.05, 4.69) is 10.1 Å². The number of aromatic nitrogens is 4. The molecule has 4 rings (SSSR count). The van der Waals surface area contributed by atoms with Gasteiger partial charge in [0, 0.05) is 25.7 Å². The van der Waals surface area contributed by atoms with Gasteiger partial charge in [-0.1, -0.05) is 6.07 Å². The Hall–Kier alpha value is -3.56. The molecule has 132 valence electrons. The van der Waals surface area contributed by atoms with Gasteiger partial charge in [0.25, 0.3) is 11.2 Å². The molecule has 1 aliphatic heterocycles. The number of anilines is 1. The first kappa shape index (κ1) is 15.9. The third-order valence-corrected chi connectivity index (χ3v) is 4.50. The van der Waals surface area contributed by atoms with Crippen LogP contribution in [-0.4, -0.2) is 36.7 Å². The van der Waals surface area contributed by atoms with Crippen LogP contribution in [-0.2, 0) is 24.8 Å². The molecule has 10 nitrogen and oxygen atoms in total. The molecule has 3 aromatic rings. The molecule has 0 N–H and O–H groups in total. The van der Waals surface area contributed by atoms with Gasteiger partial charge in [-0.2, -0.15) is 5.10 Å². The minimum Gasteiger partial charge on any atom is -0.310 e. The van der Waals surface area contributed by atoms with Crippen LogP contribution in [0.25, 0.3) is 11.0 Å². The van der Waals surface area contributed by atoms with E-state index in [9.17, 15) is 19.7 Å². The van der Waals surface area contributed by atoms with Crippen molar-refractivity contribution in [2.24, 2.45) is 7.05 Å². The number of hydrogen-bond donors (Lipinski definition) is 0. The molecule has 1 amide bonds. The summed E-state index contributed by atoms with van der Waals surface area (Å²) in [5, 5.41) is 15.3. The molecular formula is C16H14N6O4. The highest BCUT2D eigenvalue weighted by Gasteiger charge is 2.27. The number of nitro groups is 1. The Labute approximate surface area is 146 Å². The van der Waals surface area contributed by atoms with E-state index in [1.165, 1.54) is 38.8 Å². The van der Waals surface area contributed by atoms with Gasteiger partial charge in [-0.05, 0) is 12.0 Å². The summed E-state index contributed by atoms with van der Waals surface area (Å²) in [5.41, 5.74) is 1.42. The first-order chi connectivity index (χ1) is 12.5. The number of nitrogens with zero attached hydrogens (tertiary/aromatic N) is 6. The summed E-state index contributed by atoms with van der Waals surface area (Å²) in [6.07, 6.45) is 3.35. The maximum atomic E-state index is 12.7. The Kier molecular flexibility index (Phi) is 3.53. The normalized spacial score (nSPS) is 13.2. The molecule has 0 spiro atoms. The Bertz CT molecular complexity index is 1120. The van der Waals surface area contributed by atoms with Gasteiger partial charge in [0.15, 0.2) is 5.65 Å². The molecule has 0 bridgehead atoms.